The summed E-state index contributed by atoms with van der Waals surface area (Å²) >= 11 is 0. The van der Waals surface area contributed by atoms with Gasteiger partial charge in [0.05, 0.1) is 5.71 Å². The summed E-state index contributed by atoms with van der Waals surface area (Å²) < 4.78 is 0. The number of benzene rings is 1. The highest BCUT2D eigenvalue weighted by atomic mass is 15.2. The van der Waals surface area contributed by atoms with Crippen molar-refractivity contribution in [2.75, 3.05) is 5.32 Å². The SMILES string of the molecule is C=C(NC(N)(N)CC)C1=CC=C(C)C(=N)/C1=C\Nc1ccccc1. The summed E-state index contributed by atoms with van der Waals surface area (Å²) in [6, 6.07) is 9.79. The lowest BCUT2D eigenvalue weighted by Gasteiger charge is -2.29. The van der Waals surface area contributed by atoms with Gasteiger partial charge in [-0.05, 0) is 31.1 Å². The van der Waals surface area contributed by atoms with Gasteiger partial charge in [0.2, 0.25) is 0 Å². The first-order valence-corrected chi connectivity index (χ1v) is 7.89. The maximum absolute atomic E-state index is 8.37. The zero-order valence-electron chi connectivity index (χ0n) is 14.2. The average Bonchev–Trinajstić information content (AvgIpc) is 2.56. The van der Waals surface area contributed by atoms with E-state index in [4.69, 9.17) is 16.9 Å². The molecule has 0 radical (unpaired) electrons. The molecule has 5 heteroatoms. The molecular formula is C19H25N5. The molecule has 0 spiro atoms. The smallest absolute Gasteiger partial charge is 0.138 e. The molecule has 1 aromatic rings. The zero-order valence-corrected chi connectivity index (χ0v) is 14.2. The summed E-state index contributed by atoms with van der Waals surface area (Å²) in [6.45, 7) is 7.85. The lowest BCUT2D eigenvalue weighted by Crippen LogP contribution is -2.60. The van der Waals surface area contributed by atoms with Crippen molar-refractivity contribution in [1.82, 2.24) is 5.32 Å². The lowest BCUT2D eigenvalue weighted by atomic mass is 9.90. The van der Waals surface area contributed by atoms with E-state index in [0.717, 1.165) is 22.4 Å². The van der Waals surface area contributed by atoms with Crippen molar-refractivity contribution in [2.45, 2.75) is 26.1 Å². The molecule has 0 aromatic heterocycles. The quantitative estimate of drug-likeness (QED) is 0.520. The number of anilines is 1. The second-order valence-corrected chi connectivity index (χ2v) is 5.87. The van der Waals surface area contributed by atoms with Crippen LogP contribution in [0.1, 0.15) is 20.3 Å². The summed E-state index contributed by atoms with van der Waals surface area (Å²) in [5.41, 5.74) is 16.3. The largest absolute Gasteiger partial charge is 0.361 e. The van der Waals surface area contributed by atoms with Crippen molar-refractivity contribution in [3.63, 3.8) is 0 Å². The third-order valence-corrected chi connectivity index (χ3v) is 3.90. The van der Waals surface area contributed by atoms with Crippen LogP contribution in [0.25, 0.3) is 0 Å². The van der Waals surface area contributed by atoms with Gasteiger partial charge >= 0.3 is 0 Å². The maximum Gasteiger partial charge on any atom is 0.138 e. The highest BCUT2D eigenvalue weighted by Gasteiger charge is 2.23. The van der Waals surface area contributed by atoms with Gasteiger partial charge in [-0.15, -0.1) is 0 Å². The summed E-state index contributed by atoms with van der Waals surface area (Å²) in [4.78, 5) is 0. The number of nitrogens with two attached hydrogens (primary N) is 2. The number of hydrogen-bond donors (Lipinski definition) is 5. The molecule has 0 heterocycles. The molecule has 0 atom stereocenters. The second kappa shape index (κ2) is 7.29. The molecule has 24 heavy (non-hydrogen) atoms. The fraction of sp³-hybridized carbons (Fsp3) is 0.211. The monoisotopic (exact) mass is 323 g/mol. The van der Waals surface area contributed by atoms with E-state index in [9.17, 15) is 0 Å². The van der Waals surface area contributed by atoms with Crippen molar-refractivity contribution in [2.24, 2.45) is 11.5 Å². The molecular weight excluding hydrogens is 298 g/mol. The first-order chi connectivity index (χ1) is 11.3. The molecule has 1 aromatic carbocycles. The topological polar surface area (TPSA) is 99.9 Å². The van der Waals surface area contributed by atoms with Gasteiger partial charge in [-0.25, -0.2) is 0 Å². The standard InChI is InChI=1S/C19H25N5/c1-4-19(21,22)24-14(3)16-11-10-13(2)18(20)17(16)12-23-15-8-6-5-7-9-15/h5-12,20,23-24H,3-4,21-22H2,1-2H3/b17-12-,20-18?. The Balaban J connectivity index is 2.29. The normalized spacial score (nSPS) is 16.5. The lowest BCUT2D eigenvalue weighted by molar-refractivity contribution is 0.371. The van der Waals surface area contributed by atoms with E-state index in [2.05, 4.69) is 17.2 Å². The van der Waals surface area contributed by atoms with Crippen molar-refractivity contribution in [3.05, 3.63) is 77.7 Å². The van der Waals surface area contributed by atoms with E-state index in [0.29, 0.717) is 17.8 Å². The summed E-state index contributed by atoms with van der Waals surface area (Å²) in [7, 11) is 0. The summed E-state index contributed by atoms with van der Waals surface area (Å²) in [5, 5.41) is 14.6. The van der Waals surface area contributed by atoms with Crippen LogP contribution in [0, 0.1) is 5.41 Å². The van der Waals surface area contributed by atoms with Gasteiger partial charge in [0.15, 0.2) is 0 Å². The van der Waals surface area contributed by atoms with Crippen LogP contribution in [-0.2, 0) is 0 Å². The van der Waals surface area contributed by atoms with Crippen LogP contribution >= 0.6 is 0 Å². The maximum atomic E-state index is 8.37. The van der Waals surface area contributed by atoms with E-state index < -0.39 is 5.79 Å². The Bertz CT molecular complexity index is 723. The fourth-order valence-corrected chi connectivity index (χ4v) is 2.27. The van der Waals surface area contributed by atoms with Crippen LogP contribution < -0.4 is 22.1 Å². The van der Waals surface area contributed by atoms with Gasteiger partial charge in [0.1, 0.15) is 5.79 Å². The summed E-state index contributed by atoms with van der Waals surface area (Å²) in [5.74, 6) is -1.03. The van der Waals surface area contributed by atoms with Gasteiger partial charge in [-0.1, -0.05) is 43.9 Å². The van der Waals surface area contributed by atoms with E-state index >= 15 is 0 Å². The van der Waals surface area contributed by atoms with Crippen LogP contribution in [0.15, 0.2) is 77.7 Å². The summed E-state index contributed by atoms with van der Waals surface area (Å²) in [6.07, 6.45) is 6.18. The number of allylic oxidation sites excluding steroid dienone is 4. The Morgan fingerprint density at radius 2 is 1.92 bits per heavy atom. The molecule has 0 bridgehead atoms. The van der Waals surface area contributed by atoms with E-state index in [1.807, 2.05) is 62.5 Å². The van der Waals surface area contributed by atoms with Crippen LogP contribution in [0.2, 0.25) is 0 Å². The molecule has 7 N–H and O–H groups in total. The van der Waals surface area contributed by atoms with E-state index in [1.165, 1.54) is 0 Å². The number of hydrogen-bond acceptors (Lipinski definition) is 5. The van der Waals surface area contributed by atoms with Crippen molar-refractivity contribution < 1.29 is 0 Å². The highest BCUT2D eigenvalue weighted by molar-refractivity contribution is 6.15. The minimum atomic E-state index is -1.03. The van der Waals surface area contributed by atoms with Crippen LogP contribution in [-0.4, -0.2) is 11.5 Å². The van der Waals surface area contributed by atoms with Crippen LogP contribution in [0.4, 0.5) is 5.69 Å². The van der Waals surface area contributed by atoms with Crippen molar-refractivity contribution in [1.29, 1.82) is 5.41 Å². The van der Waals surface area contributed by atoms with Crippen LogP contribution in [0.3, 0.4) is 0 Å². The third kappa shape index (κ3) is 4.22. The Morgan fingerprint density at radius 1 is 1.25 bits per heavy atom. The molecule has 2 rings (SSSR count). The molecule has 0 saturated carbocycles. The Kier molecular flexibility index (Phi) is 5.39. The van der Waals surface area contributed by atoms with Gasteiger partial charge in [-0.2, -0.15) is 0 Å². The first kappa shape index (κ1) is 17.7. The number of nitrogens with one attached hydrogen (secondary N) is 3. The van der Waals surface area contributed by atoms with Crippen LogP contribution in [0.5, 0.6) is 0 Å². The number of para-hydroxylation sites is 1. The average molecular weight is 323 g/mol. The third-order valence-electron chi connectivity index (χ3n) is 3.90. The fourth-order valence-electron chi connectivity index (χ4n) is 2.27. The minimum absolute atomic E-state index is 0.440. The van der Waals surface area contributed by atoms with E-state index in [1.54, 1.807) is 0 Å². The predicted octanol–water partition coefficient (Wildman–Crippen LogP) is 2.97. The Hall–Kier alpha value is -2.63. The Morgan fingerprint density at radius 3 is 2.54 bits per heavy atom. The van der Waals surface area contributed by atoms with Gasteiger partial charge in [0, 0.05) is 28.7 Å². The predicted molar refractivity (Wildman–Crippen MR) is 101 cm³/mol. The van der Waals surface area contributed by atoms with Crippen molar-refractivity contribution >= 4 is 11.4 Å². The molecule has 0 unspecified atom stereocenters. The molecule has 0 aliphatic heterocycles. The van der Waals surface area contributed by atoms with Gasteiger partial charge in [0.25, 0.3) is 0 Å². The zero-order chi connectivity index (χ0) is 17.7. The van der Waals surface area contributed by atoms with Crippen molar-refractivity contribution in [3.8, 4) is 0 Å². The molecule has 1 aliphatic carbocycles. The first-order valence-electron chi connectivity index (χ1n) is 7.89. The van der Waals surface area contributed by atoms with Gasteiger partial charge in [-0.3, -0.25) is 16.9 Å². The van der Waals surface area contributed by atoms with Gasteiger partial charge < -0.3 is 10.6 Å². The van der Waals surface area contributed by atoms with E-state index in [-0.39, 0.29) is 0 Å². The Labute approximate surface area is 143 Å². The number of rotatable bonds is 6. The molecule has 1 aliphatic rings. The molecule has 126 valence electrons. The second-order valence-electron chi connectivity index (χ2n) is 5.87. The molecule has 0 fully saturated rings. The highest BCUT2D eigenvalue weighted by Crippen LogP contribution is 2.26. The molecule has 0 amide bonds. The molecule has 0 saturated heterocycles. The minimum Gasteiger partial charge on any atom is -0.361 e. The molecule has 5 nitrogen and oxygen atoms in total.